The topological polar surface area (TPSA) is 339 Å². The number of aromatic nitrogens is 19. The van der Waals surface area contributed by atoms with Crippen LogP contribution in [-0.2, 0) is 44.8 Å². The number of benzene rings is 6. The van der Waals surface area contributed by atoms with E-state index in [1.165, 1.54) is 46.1 Å². The Morgan fingerprint density at radius 3 is 1.15 bits per heavy atom. The number of thiophene rings is 5. The largest absolute Gasteiger partial charge is 0.481 e. The number of H-pyrrole nitrogens is 5. The van der Waals surface area contributed by atoms with Crippen LogP contribution < -0.4 is 32.5 Å². The standard InChI is InChI=1S/C22H15ClN4OS.C22H17N5O2S.C20H17N3O2S.C18H10F3N3OS.C17H11F3N4OS/c1-27-12-11-24-21(27)20-25-17-16(14-9-5-6-10-15(14)23)18(13-7-3-2-4-8-13)29-19(17)22(28)26-20;1-27-11-10-23-21(27)20-25-17-16(14-8-9-15(29-2)24-12-14)18(13-6-4-3-5-7-13)30-19(17)22(28)26-20;1-12-9-13(6-7-14(12)10-25-2)15-11-26-18-17(15)22-19(23-20(18)24)16-5-3-4-8-21-16;19-18(20,21)11-5-3-4-10(8-11)12-9-26-15-14(12)23-16(24-17(15)25)13-6-1-2-7-22-13;1-24-6-5-21-15(24)14-22-12-11(8-26-13(12)16(25)23-14)9-3-2-4-10(7-9)17(18,19)20/h2-12H,1H3,(H,25,26,28);3-12H,1-2H3,(H,25,26,28);3-9,11H,10H2,1-2H3,(H,22,23,24);1-9H,(H,23,24,25);2-8H,1H3,(H,22,23,25). The SMILES string of the molecule is COCc1ccc(-c2csc3c(=O)[nH]c(-c4ccccn4)nc23)cc1C.COc1ccc(-c2c(-c3ccccc3)sc3c(=O)[nH]c(-c4nccn4C)nc23)cn1.Cn1ccnc1-c1nc2c(-c3cccc(C(F)(F)F)c3)csc2c(=O)[nH]1.Cn1ccnc1-c1nc2c(-c3ccccc3Cl)c(-c3ccccc3)sc2c(=O)[nH]1.O=c1[nH]c(-c2ccccn2)nc2c(-c3cccc(C(F)(F)F)c3)csc12. The van der Waals surface area contributed by atoms with E-state index in [4.69, 9.17) is 36.0 Å². The first kappa shape index (κ1) is 91.7. The van der Waals surface area contributed by atoms with Crippen LogP contribution in [0.25, 0.3) is 186 Å². The zero-order valence-corrected chi connectivity index (χ0v) is 77.3. The van der Waals surface area contributed by atoms with Crippen molar-refractivity contribution in [2.75, 3.05) is 14.2 Å². The van der Waals surface area contributed by atoms with Gasteiger partial charge in [0.15, 0.2) is 46.6 Å². The molecule has 16 heterocycles. The maximum absolute atomic E-state index is 13.0. The van der Waals surface area contributed by atoms with Gasteiger partial charge in [-0.3, -0.25) is 33.9 Å². The Labute approximate surface area is 795 Å². The second-order valence-electron chi connectivity index (χ2n) is 30.6. The van der Waals surface area contributed by atoms with Gasteiger partial charge in [-0.1, -0.05) is 145 Å². The first-order valence-electron chi connectivity index (χ1n) is 41.5. The van der Waals surface area contributed by atoms with Gasteiger partial charge in [0.05, 0.1) is 52.4 Å². The molecule has 0 spiro atoms. The molecule has 0 radical (unpaired) electrons. The van der Waals surface area contributed by atoms with Gasteiger partial charge in [-0.2, -0.15) is 26.3 Å². The number of halogens is 7. The van der Waals surface area contributed by atoms with Gasteiger partial charge in [0.1, 0.15) is 34.9 Å². The molecule has 6 aromatic carbocycles. The highest BCUT2D eigenvalue weighted by atomic mass is 35.5. The van der Waals surface area contributed by atoms with Crippen LogP contribution >= 0.6 is 68.3 Å². The molecule has 0 amide bonds. The average Bonchev–Trinajstić information content (AvgIpc) is 1.63. The molecule has 0 aliphatic rings. The van der Waals surface area contributed by atoms with E-state index < -0.39 is 23.5 Å². The molecule has 0 aliphatic heterocycles. The number of nitrogens with zero attached hydrogens (tertiary/aromatic N) is 14. The molecule has 0 fully saturated rings. The van der Waals surface area contributed by atoms with E-state index in [-0.39, 0.29) is 39.4 Å². The summed E-state index contributed by atoms with van der Waals surface area (Å²) in [5, 5.41) is 5.89. The van der Waals surface area contributed by atoms with Crippen molar-refractivity contribution in [1.29, 1.82) is 0 Å². The number of hydrogen-bond donors (Lipinski definition) is 5. The van der Waals surface area contributed by atoms with E-state index in [1.807, 2.05) is 156 Å². The molecule has 0 unspecified atom stereocenters. The molecular weight excluding hydrogens is 1880 g/mol. The lowest BCUT2D eigenvalue weighted by molar-refractivity contribution is -0.138. The molecule has 22 aromatic rings. The van der Waals surface area contributed by atoms with E-state index >= 15 is 0 Å². The Balaban J connectivity index is 0.000000114. The number of fused-ring (bicyclic) bond motifs is 5. The van der Waals surface area contributed by atoms with E-state index in [9.17, 15) is 50.3 Å². The van der Waals surface area contributed by atoms with Crippen LogP contribution in [0.5, 0.6) is 5.88 Å². The van der Waals surface area contributed by atoms with Gasteiger partial charge in [0, 0.05) is 160 Å². The Hall–Kier alpha value is -15.8. The van der Waals surface area contributed by atoms with Crippen LogP contribution in [0.1, 0.15) is 22.3 Å². The lowest BCUT2D eigenvalue weighted by Crippen LogP contribution is -2.10. The third kappa shape index (κ3) is 19.2. The van der Waals surface area contributed by atoms with E-state index in [1.54, 1.807) is 116 Å². The molecule has 38 heteroatoms. The molecule has 5 N–H and O–H groups in total. The van der Waals surface area contributed by atoms with E-state index in [0.29, 0.717) is 137 Å². The van der Waals surface area contributed by atoms with Gasteiger partial charge in [-0.15, -0.1) is 56.7 Å². The molecule has 26 nitrogen and oxygen atoms in total. The van der Waals surface area contributed by atoms with Crippen LogP contribution in [0.15, 0.2) is 296 Å². The number of nitrogens with one attached hydrogen (secondary N) is 5. The summed E-state index contributed by atoms with van der Waals surface area (Å²) < 4.78 is 96.2. The Bertz CT molecular complexity index is 8560. The Morgan fingerprint density at radius 1 is 0.372 bits per heavy atom. The molecular formula is C99H70ClF6N19O7S5. The van der Waals surface area contributed by atoms with Crippen molar-refractivity contribution in [2.24, 2.45) is 21.1 Å². The van der Waals surface area contributed by atoms with Gasteiger partial charge in [-0.05, 0) is 107 Å². The highest BCUT2D eigenvalue weighted by Gasteiger charge is 2.33. The molecule has 0 saturated carbocycles. The molecule has 682 valence electrons. The number of aryl methyl sites for hydroxylation is 4. The third-order valence-corrected chi connectivity index (χ3v) is 27.4. The minimum atomic E-state index is -4.44. The number of imidazole rings is 3. The summed E-state index contributed by atoms with van der Waals surface area (Å²) >= 11 is 13.1. The highest BCUT2D eigenvalue weighted by Crippen LogP contribution is 2.48. The van der Waals surface area contributed by atoms with Crippen LogP contribution in [-0.4, -0.2) is 108 Å². The molecule has 16 aromatic heterocycles. The predicted octanol–water partition coefficient (Wildman–Crippen LogP) is 22.5. The minimum absolute atomic E-state index is 0.139. The average molecular weight is 1950 g/mol. The van der Waals surface area contributed by atoms with Gasteiger partial charge < -0.3 is 48.1 Å². The molecule has 0 aliphatic carbocycles. The van der Waals surface area contributed by atoms with Crippen molar-refractivity contribution in [3.05, 3.63) is 351 Å². The fourth-order valence-electron chi connectivity index (χ4n) is 15.0. The third-order valence-electron chi connectivity index (χ3n) is 21.7. The minimum Gasteiger partial charge on any atom is -0.481 e. The smallest absolute Gasteiger partial charge is 0.416 e. The summed E-state index contributed by atoms with van der Waals surface area (Å²) in [7, 11) is 8.76. The second-order valence-corrected chi connectivity index (χ2v) is 35.7. The zero-order valence-electron chi connectivity index (χ0n) is 72.5. The van der Waals surface area contributed by atoms with Crippen molar-refractivity contribution in [3.8, 4) is 140 Å². The van der Waals surface area contributed by atoms with Crippen molar-refractivity contribution in [2.45, 2.75) is 25.9 Å². The molecule has 0 bridgehead atoms. The number of alkyl halides is 6. The monoisotopic (exact) mass is 1950 g/mol. The number of methoxy groups -OCH3 is 2. The van der Waals surface area contributed by atoms with Crippen LogP contribution in [0.4, 0.5) is 26.3 Å². The number of ether oxygens (including phenoxy) is 2. The lowest BCUT2D eigenvalue weighted by Gasteiger charge is -2.08. The molecule has 22 rings (SSSR count). The number of rotatable bonds is 15. The summed E-state index contributed by atoms with van der Waals surface area (Å²) in [6.07, 6.45) is 6.39. The number of aromatic amines is 5. The van der Waals surface area contributed by atoms with Gasteiger partial charge >= 0.3 is 12.4 Å². The Kier molecular flexibility index (Phi) is 26.1. The van der Waals surface area contributed by atoms with E-state index in [2.05, 4.69) is 83.8 Å². The summed E-state index contributed by atoms with van der Waals surface area (Å²) in [5.41, 5.74) is 12.6. The predicted molar refractivity (Wildman–Crippen MR) is 527 cm³/mol. The number of hydrogen-bond acceptors (Lipinski definition) is 23. The van der Waals surface area contributed by atoms with E-state index in [0.717, 1.165) is 112 Å². The maximum Gasteiger partial charge on any atom is 0.416 e. The molecule has 137 heavy (non-hydrogen) atoms. The summed E-state index contributed by atoms with van der Waals surface area (Å²) in [6.45, 7) is 2.64. The summed E-state index contributed by atoms with van der Waals surface area (Å²) in [4.78, 5) is 128. The summed E-state index contributed by atoms with van der Waals surface area (Å²) in [6, 6.07) is 58.2. The quantitative estimate of drug-likeness (QED) is 0.0595. The van der Waals surface area contributed by atoms with Crippen LogP contribution in [0, 0.1) is 6.92 Å². The maximum atomic E-state index is 13.0. The van der Waals surface area contributed by atoms with Crippen molar-refractivity contribution in [1.82, 2.24) is 93.4 Å². The zero-order chi connectivity index (χ0) is 95.5. The van der Waals surface area contributed by atoms with Crippen molar-refractivity contribution < 1.29 is 35.8 Å². The van der Waals surface area contributed by atoms with Crippen molar-refractivity contribution in [3.63, 3.8) is 0 Å². The first-order chi connectivity index (χ1) is 66.2. The molecule has 0 saturated heterocycles. The normalized spacial score (nSPS) is 11.5. The first-order valence-corrected chi connectivity index (χ1v) is 46.1. The van der Waals surface area contributed by atoms with Gasteiger partial charge in [0.25, 0.3) is 27.8 Å². The lowest BCUT2D eigenvalue weighted by atomic mass is 10.0. The Morgan fingerprint density at radius 2 is 0.759 bits per heavy atom. The van der Waals surface area contributed by atoms with Crippen LogP contribution in [0.2, 0.25) is 5.02 Å². The van der Waals surface area contributed by atoms with Crippen molar-refractivity contribution >= 4 is 119 Å². The number of pyridine rings is 3. The highest BCUT2D eigenvalue weighted by molar-refractivity contribution is 7.23. The van der Waals surface area contributed by atoms with Crippen LogP contribution in [0.3, 0.4) is 0 Å². The summed E-state index contributed by atoms with van der Waals surface area (Å²) in [5.74, 6) is 4.07. The fourth-order valence-corrected chi connectivity index (χ4v) is 20.3. The fraction of sp³-hybridized carbons (Fsp3) is 0.0909. The van der Waals surface area contributed by atoms with Gasteiger partial charge in [0.2, 0.25) is 5.88 Å². The van der Waals surface area contributed by atoms with Gasteiger partial charge in [-0.25, -0.2) is 44.9 Å². The second kappa shape index (κ2) is 39.0. The molecule has 0 atom stereocenters.